The zero-order valence-electron chi connectivity index (χ0n) is 13.4. The van der Waals surface area contributed by atoms with E-state index in [-0.39, 0.29) is 12.1 Å². The second kappa shape index (κ2) is 6.72. The third-order valence-corrected chi connectivity index (χ3v) is 3.86. The molecule has 128 valence electrons. The standard InChI is InChI=1S/C18H16FN3O3/c1-11-16(22-10-13(19)7-8-15(22)20-11)17(23)21-14(18(24)25)9-12-5-3-2-4-6-12/h2-8,10,14H,9H2,1H3,(H,21,23)(H,24,25). The Hall–Kier alpha value is -3.22. The van der Waals surface area contributed by atoms with Gasteiger partial charge in [0.2, 0.25) is 0 Å². The van der Waals surface area contributed by atoms with Gasteiger partial charge in [-0.1, -0.05) is 30.3 Å². The normalized spacial score (nSPS) is 12.1. The van der Waals surface area contributed by atoms with Crippen LogP contribution in [-0.4, -0.2) is 32.4 Å². The third kappa shape index (κ3) is 3.50. The van der Waals surface area contributed by atoms with Gasteiger partial charge in [0.05, 0.1) is 5.69 Å². The van der Waals surface area contributed by atoms with Gasteiger partial charge in [0.25, 0.3) is 5.91 Å². The number of aliphatic carboxylic acids is 1. The second-order valence-corrected chi connectivity index (χ2v) is 5.68. The smallest absolute Gasteiger partial charge is 0.326 e. The summed E-state index contributed by atoms with van der Waals surface area (Å²) in [7, 11) is 0. The molecule has 1 unspecified atom stereocenters. The fourth-order valence-corrected chi connectivity index (χ4v) is 2.69. The van der Waals surface area contributed by atoms with Gasteiger partial charge in [0, 0.05) is 12.6 Å². The summed E-state index contributed by atoms with van der Waals surface area (Å²) in [6.07, 6.45) is 1.29. The lowest BCUT2D eigenvalue weighted by Crippen LogP contribution is -2.42. The van der Waals surface area contributed by atoms with Crippen molar-refractivity contribution >= 4 is 17.5 Å². The van der Waals surface area contributed by atoms with E-state index in [1.165, 1.54) is 16.5 Å². The number of aryl methyl sites for hydroxylation is 1. The number of hydrogen-bond donors (Lipinski definition) is 2. The molecule has 25 heavy (non-hydrogen) atoms. The van der Waals surface area contributed by atoms with Crippen molar-refractivity contribution in [1.29, 1.82) is 0 Å². The number of halogens is 1. The summed E-state index contributed by atoms with van der Waals surface area (Å²) >= 11 is 0. The van der Waals surface area contributed by atoms with Crippen LogP contribution < -0.4 is 5.32 Å². The monoisotopic (exact) mass is 341 g/mol. The molecule has 1 atom stereocenters. The van der Waals surface area contributed by atoms with Crippen molar-refractivity contribution < 1.29 is 19.1 Å². The Morgan fingerprint density at radius 2 is 1.96 bits per heavy atom. The van der Waals surface area contributed by atoms with Crippen molar-refractivity contribution in [1.82, 2.24) is 14.7 Å². The molecule has 2 heterocycles. The highest BCUT2D eigenvalue weighted by atomic mass is 19.1. The highest BCUT2D eigenvalue weighted by molar-refractivity contribution is 5.97. The maximum Gasteiger partial charge on any atom is 0.326 e. The number of rotatable bonds is 5. The minimum atomic E-state index is -1.14. The molecular weight excluding hydrogens is 325 g/mol. The molecule has 0 saturated carbocycles. The molecule has 2 N–H and O–H groups in total. The largest absolute Gasteiger partial charge is 0.480 e. The van der Waals surface area contributed by atoms with E-state index < -0.39 is 23.7 Å². The van der Waals surface area contributed by atoms with Crippen molar-refractivity contribution in [3.8, 4) is 0 Å². The maximum absolute atomic E-state index is 13.5. The van der Waals surface area contributed by atoms with E-state index in [0.29, 0.717) is 11.3 Å². The van der Waals surface area contributed by atoms with Crippen molar-refractivity contribution in [3.05, 3.63) is 71.4 Å². The summed E-state index contributed by atoms with van der Waals surface area (Å²) in [6.45, 7) is 1.62. The number of hydrogen-bond acceptors (Lipinski definition) is 3. The molecule has 2 aromatic heterocycles. The molecule has 0 aliphatic heterocycles. The average molecular weight is 341 g/mol. The van der Waals surface area contributed by atoms with Gasteiger partial charge in [-0.3, -0.25) is 9.20 Å². The summed E-state index contributed by atoms with van der Waals surface area (Å²) in [5.41, 5.74) is 1.72. The minimum Gasteiger partial charge on any atom is -0.480 e. The molecule has 0 aliphatic rings. The van der Waals surface area contributed by atoms with Crippen LogP contribution in [0.2, 0.25) is 0 Å². The molecule has 1 aromatic carbocycles. The van der Waals surface area contributed by atoms with Crippen LogP contribution in [0.1, 0.15) is 21.7 Å². The fourth-order valence-electron chi connectivity index (χ4n) is 2.69. The Kier molecular flexibility index (Phi) is 4.47. The van der Waals surface area contributed by atoms with E-state index in [9.17, 15) is 19.1 Å². The van der Waals surface area contributed by atoms with Gasteiger partial charge >= 0.3 is 5.97 Å². The first kappa shape index (κ1) is 16.6. The number of nitrogens with zero attached hydrogens (tertiary/aromatic N) is 2. The first-order chi connectivity index (χ1) is 12.0. The SMILES string of the molecule is Cc1nc2ccc(F)cn2c1C(=O)NC(Cc1ccccc1)C(=O)O. The Morgan fingerprint density at radius 1 is 1.24 bits per heavy atom. The van der Waals surface area contributed by atoms with E-state index in [2.05, 4.69) is 10.3 Å². The van der Waals surface area contributed by atoms with Crippen molar-refractivity contribution in [2.24, 2.45) is 0 Å². The van der Waals surface area contributed by atoms with Crippen LogP contribution in [0.25, 0.3) is 5.65 Å². The summed E-state index contributed by atoms with van der Waals surface area (Å²) < 4.78 is 14.8. The van der Waals surface area contributed by atoms with Gasteiger partial charge in [0.1, 0.15) is 23.2 Å². The molecule has 6 nitrogen and oxygen atoms in total. The lowest BCUT2D eigenvalue weighted by molar-refractivity contribution is -0.139. The van der Waals surface area contributed by atoms with Gasteiger partial charge in [-0.25, -0.2) is 14.2 Å². The van der Waals surface area contributed by atoms with Crippen molar-refractivity contribution in [2.75, 3.05) is 0 Å². The van der Waals surface area contributed by atoms with Crippen molar-refractivity contribution in [2.45, 2.75) is 19.4 Å². The van der Waals surface area contributed by atoms with Crippen LogP contribution in [0.4, 0.5) is 4.39 Å². The van der Waals surface area contributed by atoms with Crippen molar-refractivity contribution in [3.63, 3.8) is 0 Å². The van der Waals surface area contributed by atoms with Crippen LogP contribution in [0.3, 0.4) is 0 Å². The van der Waals surface area contributed by atoms with E-state index in [0.717, 1.165) is 11.8 Å². The van der Waals surface area contributed by atoms with Crippen LogP contribution in [0.15, 0.2) is 48.7 Å². The molecule has 0 bridgehead atoms. The molecule has 0 radical (unpaired) electrons. The molecule has 1 amide bonds. The van der Waals surface area contributed by atoms with Crippen LogP contribution in [0.5, 0.6) is 0 Å². The molecular formula is C18H16FN3O3. The molecule has 0 fully saturated rings. The lowest BCUT2D eigenvalue weighted by atomic mass is 10.1. The number of amides is 1. The van der Waals surface area contributed by atoms with Gasteiger partial charge < -0.3 is 10.4 Å². The highest BCUT2D eigenvalue weighted by Crippen LogP contribution is 2.14. The molecule has 0 aliphatic carbocycles. The number of benzene rings is 1. The number of carbonyl (C=O) groups is 2. The van der Waals surface area contributed by atoms with Gasteiger partial charge in [-0.2, -0.15) is 0 Å². The molecule has 7 heteroatoms. The number of imidazole rings is 1. The van der Waals surface area contributed by atoms with Gasteiger partial charge in [0.15, 0.2) is 0 Å². The third-order valence-electron chi connectivity index (χ3n) is 3.86. The van der Waals surface area contributed by atoms with Crippen LogP contribution in [-0.2, 0) is 11.2 Å². The lowest BCUT2D eigenvalue weighted by Gasteiger charge is -2.15. The summed E-state index contributed by atoms with van der Waals surface area (Å²) in [6, 6.07) is 10.6. The zero-order valence-corrected chi connectivity index (χ0v) is 13.4. The number of nitrogens with one attached hydrogen (secondary N) is 1. The van der Waals surface area contributed by atoms with Crippen LogP contribution in [0, 0.1) is 12.7 Å². The first-order valence-electron chi connectivity index (χ1n) is 7.67. The molecule has 3 aromatic rings. The average Bonchev–Trinajstić information content (AvgIpc) is 2.90. The summed E-state index contributed by atoms with van der Waals surface area (Å²) in [5, 5.41) is 11.9. The quantitative estimate of drug-likeness (QED) is 0.745. The summed E-state index contributed by atoms with van der Waals surface area (Å²) in [4.78, 5) is 28.3. The minimum absolute atomic E-state index is 0.119. The molecule has 0 saturated heterocycles. The van der Waals surface area contributed by atoms with E-state index in [1.54, 1.807) is 31.2 Å². The predicted octanol–water partition coefficient (Wildman–Crippen LogP) is 2.21. The number of carbonyl (C=O) groups excluding carboxylic acids is 1. The number of carboxylic acids is 1. The number of aromatic nitrogens is 2. The topological polar surface area (TPSA) is 83.7 Å². The van der Waals surface area contributed by atoms with Crippen LogP contribution >= 0.6 is 0 Å². The fraction of sp³-hybridized carbons (Fsp3) is 0.167. The maximum atomic E-state index is 13.5. The Morgan fingerprint density at radius 3 is 2.64 bits per heavy atom. The highest BCUT2D eigenvalue weighted by Gasteiger charge is 2.24. The Balaban J connectivity index is 1.88. The Bertz CT molecular complexity index is 937. The molecule has 0 spiro atoms. The Labute approximate surface area is 142 Å². The molecule has 3 rings (SSSR count). The number of carboxylic acid groups (broad SMARTS) is 1. The number of fused-ring (bicyclic) bond motifs is 1. The van der Waals surface area contributed by atoms with Gasteiger partial charge in [-0.05, 0) is 24.6 Å². The summed E-state index contributed by atoms with van der Waals surface area (Å²) in [5.74, 6) is -2.27. The predicted molar refractivity (Wildman–Crippen MR) is 88.9 cm³/mol. The van der Waals surface area contributed by atoms with Gasteiger partial charge in [-0.15, -0.1) is 0 Å². The van der Waals surface area contributed by atoms with E-state index in [4.69, 9.17) is 0 Å². The zero-order chi connectivity index (χ0) is 18.0. The van der Waals surface area contributed by atoms with E-state index in [1.807, 2.05) is 6.07 Å². The first-order valence-corrected chi connectivity index (χ1v) is 7.67. The second-order valence-electron chi connectivity index (χ2n) is 5.68. The number of pyridine rings is 1. The van der Waals surface area contributed by atoms with E-state index >= 15 is 0 Å².